The van der Waals surface area contributed by atoms with Crippen molar-refractivity contribution in [1.82, 2.24) is 24.7 Å². The summed E-state index contributed by atoms with van der Waals surface area (Å²) in [5.41, 5.74) is 0.498. The quantitative estimate of drug-likeness (QED) is 0.794. The van der Waals surface area contributed by atoms with E-state index in [2.05, 4.69) is 26.8 Å². The van der Waals surface area contributed by atoms with E-state index in [1.54, 1.807) is 12.3 Å². The molecule has 0 spiro atoms. The maximum absolute atomic E-state index is 13.1. The molecule has 1 N–H and O–H groups in total. The normalized spacial score (nSPS) is 24.7. The maximum atomic E-state index is 13.1. The zero-order valence-corrected chi connectivity index (χ0v) is 17.5. The summed E-state index contributed by atoms with van der Waals surface area (Å²) in [6.45, 7) is 10.2. The Kier molecular flexibility index (Phi) is 7.37. The van der Waals surface area contributed by atoms with E-state index in [0.717, 1.165) is 64.4 Å². The highest BCUT2D eigenvalue weighted by molar-refractivity contribution is 5.92. The molecule has 28 heavy (non-hydrogen) atoms. The second kappa shape index (κ2) is 9.76. The molecule has 1 aromatic rings. The number of nitrogens with zero attached hydrogens (tertiary/aromatic N) is 5. The Balaban J connectivity index is 1.69. The lowest BCUT2D eigenvalue weighted by Gasteiger charge is -2.46. The zero-order valence-electron chi connectivity index (χ0n) is 17.5. The van der Waals surface area contributed by atoms with Gasteiger partial charge in [0.2, 0.25) is 0 Å². The highest BCUT2D eigenvalue weighted by atomic mass is 16.3. The molecular weight excluding hydrogens is 354 g/mol. The molecule has 2 aliphatic rings. The molecule has 0 bridgehead atoms. The fourth-order valence-corrected chi connectivity index (χ4v) is 4.41. The van der Waals surface area contributed by atoms with Crippen LogP contribution < -0.4 is 0 Å². The molecule has 2 fully saturated rings. The summed E-state index contributed by atoms with van der Waals surface area (Å²) in [5, 5.41) is 9.35. The van der Waals surface area contributed by atoms with E-state index in [1.165, 1.54) is 0 Å². The van der Waals surface area contributed by atoms with Gasteiger partial charge in [0, 0.05) is 64.0 Å². The predicted molar refractivity (Wildman–Crippen MR) is 109 cm³/mol. The van der Waals surface area contributed by atoms with Crippen molar-refractivity contribution in [1.29, 1.82) is 0 Å². The average Bonchev–Trinajstić information content (AvgIpc) is 2.72. The summed E-state index contributed by atoms with van der Waals surface area (Å²) < 4.78 is 0. The molecule has 2 atom stereocenters. The highest BCUT2D eigenvalue weighted by Crippen LogP contribution is 2.28. The molecule has 3 heterocycles. The Morgan fingerprint density at radius 2 is 2.00 bits per heavy atom. The van der Waals surface area contributed by atoms with E-state index in [9.17, 15) is 9.90 Å². The molecule has 0 aromatic carbocycles. The third kappa shape index (κ3) is 5.07. The second-order valence-corrected chi connectivity index (χ2v) is 8.53. The molecule has 0 aliphatic carbocycles. The maximum Gasteiger partial charge on any atom is 0.272 e. The first-order valence-corrected chi connectivity index (χ1v) is 10.6. The number of likely N-dealkylation sites (N-methyl/N-ethyl adjacent to an activating group) is 1. The van der Waals surface area contributed by atoms with Crippen molar-refractivity contribution in [2.75, 3.05) is 52.9 Å². The first kappa shape index (κ1) is 21.1. The lowest BCUT2D eigenvalue weighted by atomic mass is 9.86. The van der Waals surface area contributed by atoms with Crippen LogP contribution in [0.3, 0.4) is 0 Å². The van der Waals surface area contributed by atoms with Gasteiger partial charge in [-0.3, -0.25) is 9.69 Å². The average molecular weight is 390 g/mol. The van der Waals surface area contributed by atoms with Crippen molar-refractivity contribution < 1.29 is 9.90 Å². The number of aliphatic hydroxyl groups excluding tert-OH is 1. The minimum atomic E-state index is 0.00938. The van der Waals surface area contributed by atoms with E-state index in [-0.39, 0.29) is 18.4 Å². The summed E-state index contributed by atoms with van der Waals surface area (Å²) in [5.74, 6) is 1.33. The molecule has 2 aliphatic heterocycles. The van der Waals surface area contributed by atoms with Gasteiger partial charge < -0.3 is 14.9 Å². The third-order valence-electron chi connectivity index (χ3n) is 6.13. The van der Waals surface area contributed by atoms with E-state index in [4.69, 9.17) is 0 Å². The Morgan fingerprint density at radius 1 is 1.25 bits per heavy atom. The Hall–Kier alpha value is -1.57. The lowest BCUT2D eigenvalue weighted by Crippen LogP contribution is -2.57. The number of likely N-dealkylation sites (tertiary alicyclic amines) is 1. The van der Waals surface area contributed by atoms with E-state index in [0.29, 0.717) is 17.7 Å². The van der Waals surface area contributed by atoms with Gasteiger partial charge in [-0.1, -0.05) is 13.8 Å². The topological polar surface area (TPSA) is 72.8 Å². The van der Waals surface area contributed by atoms with Crippen LogP contribution in [0.1, 0.15) is 55.3 Å². The van der Waals surface area contributed by atoms with Crippen LogP contribution in [-0.2, 0) is 0 Å². The summed E-state index contributed by atoms with van der Waals surface area (Å²) in [4.78, 5) is 28.8. The SMILES string of the molecule is CC(C)c1nccc(C(=O)N2CCC(N3CCN(C)CC3)C(CCCO)C2)n1. The number of piperidine rings is 1. The van der Waals surface area contributed by atoms with E-state index in [1.807, 2.05) is 18.7 Å². The van der Waals surface area contributed by atoms with Gasteiger partial charge in [0.1, 0.15) is 11.5 Å². The molecule has 2 unspecified atom stereocenters. The molecule has 7 nitrogen and oxygen atoms in total. The van der Waals surface area contributed by atoms with Crippen molar-refractivity contribution in [3.8, 4) is 0 Å². The number of amides is 1. The minimum absolute atomic E-state index is 0.00938. The molecule has 1 aromatic heterocycles. The van der Waals surface area contributed by atoms with Gasteiger partial charge in [-0.15, -0.1) is 0 Å². The Bertz CT molecular complexity index is 645. The van der Waals surface area contributed by atoms with Crippen molar-refractivity contribution in [2.45, 2.75) is 45.1 Å². The molecule has 1 amide bonds. The number of aromatic nitrogens is 2. The van der Waals surface area contributed by atoms with E-state index < -0.39 is 0 Å². The summed E-state index contributed by atoms with van der Waals surface area (Å²) in [7, 11) is 2.18. The fourth-order valence-electron chi connectivity index (χ4n) is 4.41. The number of piperazine rings is 1. The number of aliphatic hydroxyl groups is 1. The van der Waals surface area contributed by atoms with Crippen LogP contribution >= 0.6 is 0 Å². The fraction of sp³-hybridized carbons (Fsp3) is 0.762. The predicted octanol–water partition coefficient (Wildman–Crippen LogP) is 1.45. The molecule has 0 saturated carbocycles. The van der Waals surface area contributed by atoms with Gasteiger partial charge in [-0.2, -0.15) is 0 Å². The molecule has 156 valence electrons. The summed E-state index contributed by atoms with van der Waals surface area (Å²) in [6, 6.07) is 2.23. The molecule has 3 rings (SSSR count). The third-order valence-corrected chi connectivity index (χ3v) is 6.13. The number of hydrogen-bond acceptors (Lipinski definition) is 6. The molecule has 7 heteroatoms. The molecular formula is C21H35N5O2. The monoisotopic (exact) mass is 389 g/mol. The molecule has 0 radical (unpaired) electrons. The van der Waals surface area contributed by atoms with Crippen LogP contribution in [0.25, 0.3) is 0 Å². The van der Waals surface area contributed by atoms with Crippen LogP contribution in [0.15, 0.2) is 12.3 Å². The Labute approximate surface area is 168 Å². The van der Waals surface area contributed by atoms with Crippen LogP contribution in [0.2, 0.25) is 0 Å². The van der Waals surface area contributed by atoms with Gasteiger partial charge in [0.15, 0.2) is 0 Å². The van der Waals surface area contributed by atoms with Crippen LogP contribution in [-0.4, -0.2) is 94.6 Å². The van der Waals surface area contributed by atoms with Crippen molar-refractivity contribution >= 4 is 5.91 Å². The highest BCUT2D eigenvalue weighted by Gasteiger charge is 2.36. The van der Waals surface area contributed by atoms with Gasteiger partial charge in [-0.05, 0) is 38.3 Å². The standard InChI is InChI=1S/C21H35N5O2/c1-16(2)20-22-8-6-18(23-20)21(28)26-9-7-19(17(15-26)5-4-14-27)25-12-10-24(3)11-13-25/h6,8,16-17,19,27H,4-5,7,9-15H2,1-3H3. The second-order valence-electron chi connectivity index (χ2n) is 8.53. The number of hydrogen-bond donors (Lipinski definition) is 1. The van der Waals surface area contributed by atoms with E-state index >= 15 is 0 Å². The van der Waals surface area contributed by atoms with Gasteiger partial charge in [0.05, 0.1) is 0 Å². The smallest absolute Gasteiger partial charge is 0.272 e. The number of carbonyl (C=O) groups is 1. The van der Waals surface area contributed by atoms with Crippen LogP contribution in [0.5, 0.6) is 0 Å². The van der Waals surface area contributed by atoms with Crippen molar-refractivity contribution in [3.05, 3.63) is 23.8 Å². The van der Waals surface area contributed by atoms with Crippen molar-refractivity contribution in [2.24, 2.45) is 5.92 Å². The van der Waals surface area contributed by atoms with Crippen molar-refractivity contribution in [3.63, 3.8) is 0 Å². The number of rotatable bonds is 6. The zero-order chi connectivity index (χ0) is 20.1. The van der Waals surface area contributed by atoms with Crippen LogP contribution in [0, 0.1) is 5.92 Å². The van der Waals surface area contributed by atoms with Gasteiger partial charge in [0.25, 0.3) is 5.91 Å². The minimum Gasteiger partial charge on any atom is -0.396 e. The lowest BCUT2D eigenvalue weighted by molar-refractivity contribution is 0.0215. The van der Waals surface area contributed by atoms with Gasteiger partial charge in [-0.25, -0.2) is 9.97 Å². The Morgan fingerprint density at radius 3 is 2.68 bits per heavy atom. The summed E-state index contributed by atoms with van der Waals surface area (Å²) >= 11 is 0. The van der Waals surface area contributed by atoms with Crippen LogP contribution in [0.4, 0.5) is 0 Å². The first-order valence-electron chi connectivity index (χ1n) is 10.6. The summed E-state index contributed by atoms with van der Waals surface area (Å²) in [6.07, 6.45) is 4.43. The number of carbonyl (C=O) groups excluding carboxylic acids is 1. The molecule has 2 saturated heterocycles. The first-order chi connectivity index (χ1) is 13.5. The largest absolute Gasteiger partial charge is 0.396 e. The van der Waals surface area contributed by atoms with Gasteiger partial charge >= 0.3 is 0 Å².